The minimum absolute atomic E-state index is 0.477. The highest BCUT2D eigenvalue weighted by atomic mass is 16.5. The minimum Gasteiger partial charge on any atom is -0.492 e. The molecule has 2 heteroatoms. The monoisotopic (exact) mass is 406 g/mol. The Morgan fingerprint density at radius 1 is 0.633 bits per heavy atom. The summed E-state index contributed by atoms with van der Waals surface area (Å²) in [6.45, 7) is 14.8. The Labute approximate surface area is 182 Å². The van der Waals surface area contributed by atoms with Gasteiger partial charge in [-0.25, -0.2) is 0 Å². The highest BCUT2D eigenvalue weighted by Gasteiger charge is 2.17. The Kier molecular flexibility index (Phi) is 7.64. The lowest BCUT2D eigenvalue weighted by molar-refractivity contribution is 0.273. The molecule has 162 valence electrons. The Morgan fingerprint density at radius 2 is 1.17 bits per heavy atom. The van der Waals surface area contributed by atoms with E-state index in [0.717, 1.165) is 40.0 Å². The topological polar surface area (TPSA) is 18.5 Å². The normalized spacial score (nSPS) is 11.9. The van der Waals surface area contributed by atoms with E-state index in [4.69, 9.17) is 9.47 Å². The second-order valence-corrected chi connectivity index (χ2v) is 9.78. The summed E-state index contributed by atoms with van der Waals surface area (Å²) in [4.78, 5) is 0. The quantitative estimate of drug-likeness (QED) is 0.317. The van der Waals surface area contributed by atoms with Gasteiger partial charge in [-0.2, -0.15) is 0 Å². The van der Waals surface area contributed by atoms with Crippen LogP contribution >= 0.6 is 0 Å². The molecule has 0 aliphatic rings. The van der Waals surface area contributed by atoms with Crippen molar-refractivity contribution in [2.24, 2.45) is 17.8 Å². The fourth-order valence-electron chi connectivity index (χ4n) is 3.83. The van der Waals surface area contributed by atoms with Crippen molar-refractivity contribution in [2.45, 2.75) is 60.8 Å². The molecule has 0 aromatic heterocycles. The molecule has 0 bridgehead atoms. The lowest BCUT2D eigenvalue weighted by atomic mass is 9.96. The van der Waals surface area contributed by atoms with Crippen LogP contribution in [0.25, 0.3) is 21.5 Å². The zero-order chi connectivity index (χ0) is 21.7. The Hall–Kier alpha value is -2.22. The van der Waals surface area contributed by atoms with Gasteiger partial charge in [0.1, 0.15) is 11.5 Å². The average molecular weight is 407 g/mol. The molecule has 0 atom stereocenters. The summed E-state index contributed by atoms with van der Waals surface area (Å²) in [7, 11) is 0. The molecule has 0 unspecified atom stereocenters. The van der Waals surface area contributed by atoms with Crippen molar-refractivity contribution in [1.29, 1.82) is 0 Å². The second-order valence-electron chi connectivity index (χ2n) is 9.78. The average Bonchev–Trinajstić information content (AvgIpc) is 2.69. The van der Waals surface area contributed by atoms with E-state index in [-0.39, 0.29) is 0 Å². The minimum atomic E-state index is 0.477. The molecule has 0 aliphatic carbocycles. The third kappa shape index (κ3) is 5.47. The van der Waals surface area contributed by atoms with Gasteiger partial charge in [-0.1, -0.05) is 84.4 Å². The van der Waals surface area contributed by atoms with Crippen molar-refractivity contribution in [3.8, 4) is 11.5 Å². The molecule has 0 radical (unpaired) electrons. The lowest BCUT2D eigenvalue weighted by Crippen LogP contribution is -2.08. The molecule has 0 amide bonds. The SMILES string of the molecule is CC(C)CCCc1ccc2c(OCC(C)C)c3ccccc3c(OCC(C)C)c2c1. The molecule has 3 aromatic rings. The zero-order valence-electron chi connectivity index (χ0n) is 19.6. The van der Waals surface area contributed by atoms with Crippen LogP contribution in [0.3, 0.4) is 0 Å². The van der Waals surface area contributed by atoms with E-state index >= 15 is 0 Å². The van der Waals surface area contributed by atoms with Gasteiger partial charge in [0.05, 0.1) is 13.2 Å². The molecule has 0 fully saturated rings. The summed E-state index contributed by atoms with van der Waals surface area (Å²) >= 11 is 0. The third-order valence-electron chi connectivity index (χ3n) is 5.36. The first kappa shape index (κ1) is 22.5. The predicted octanol–water partition coefficient (Wildman–Crippen LogP) is 8.04. The third-order valence-corrected chi connectivity index (χ3v) is 5.36. The number of fused-ring (bicyclic) bond motifs is 2. The molecule has 0 saturated carbocycles. The lowest BCUT2D eigenvalue weighted by Gasteiger charge is -2.20. The molecule has 2 nitrogen and oxygen atoms in total. The first-order chi connectivity index (χ1) is 14.4. The maximum atomic E-state index is 6.42. The summed E-state index contributed by atoms with van der Waals surface area (Å²) in [5.74, 6) is 3.68. The molecule has 0 spiro atoms. The molecule has 0 N–H and O–H groups in total. The van der Waals surface area contributed by atoms with Crippen LogP contribution in [0.5, 0.6) is 11.5 Å². The van der Waals surface area contributed by atoms with Crippen LogP contribution in [0, 0.1) is 17.8 Å². The molecule has 0 saturated heterocycles. The van der Waals surface area contributed by atoms with E-state index in [1.165, 1.54) is 23.8 Å². The summed E-state index contributed by atoms with van der Waals surface area (Å²) in [6.07, 6.45) is 3.58. The van der Waals surface area contributed by atoms with Crippen LogP contribution in [0.4, 0.5) is 0 Å². The van der Waals surface area contributed by atoms with Crippen molar-refractivity contribution in [2.75, 3.05) is 13.2 Å². The molecule has 0 heterocycles. The number of aryl methyl sites for hydroxylation is 1. The predicted molar refractivity (Wildman–Crippen MR) is 130 cm³/mol. The van der Waals surface area contributed by atoms with Gasteiger partial charge in [0.15, 0.2) is 0 Å². The van der Waals surface area contributed by atoms with E-state index in [9.17, 15) is 0 Å². The van der Waals surface area contributed by atoms with Crippen LogP contribution in [0.1, 0.15) is 59.9 Å². The maximum Gasteiger partial charge on any atom is 0.135 e. The van der Waals surface area contributed by atoms with Crippen molar-refractivity contribution >= 4 is 21.5 Å². The summed E-state index contributed by atoms with van der Waals surface area (Å²) in [5.41, 5.74) is 1.38. The van der Waals surface area contributed by atoms with Crippen LogP contribution in [0.15, 0.2) is 42.5 Å². The Morgan fingerprint density at radius 3 is 1.70 bits per heavy atom. The van der Waals surface area contributed by atoms with Gasteiger partial charge < -0.3 is 9.47 Å². The number of hydrogen-bond acceptors (Lipinski definition) is 2. The van der Waals surface area contributed by atoms with Gasteiger partial charge in [0, 0.05) is 21.5 Å². The van der Waals surface area contributed by atoms with Gasteiger partial charge in [0.2, 0.25) is 0 Å². The molecule has 3 aromatic carbocycles. The summed E-state index contributed by atoms with van der Waals surface area (Å²) < 4.78 is 12.8. The summed E-state index contributed by atoms with van der Waals surface area (Å²) in [6, 6.07) is 15.3. The van der Waals surface area contributed by atoms with Crippen LogP contribution < -0.4 is 9.47 Å². The van der Waals surface area contributed by atoms with E-state index in [2.05, 4.69) is 84.0 Å². The molecule has 3 rings (SSSR count). The van der Waals surface area contributed by atoms with Crippen molar-refractivity contribution in [3.05, 3.63) is 48.0 Å². The van der Waals surface area contributed by atoms with Crippen molar-refractivity contribution in [1.82, 2.24) is 0 Å². The van der Waals surface area contributed by atoms with Crippen LogP contribution in [-0.2, 0) is 6.42 Å². The van der Waals surface area contributed by atoms with E-state index in [1.54, 1.807) is 0 Å². The van der Waals surface area contributed by atoms with Crippen LogP contribution in [-0.4, -0.2) is 13.2 Å². The van der Waals surface area contributed by atoms with Gasteiger partial charge in [0.25, 0.3) is 0 Å². The molecule has 0 aliphatic heterocycles. The van der Waals surface area contributed by atoms with Crippen LogP contribution in [0.2, 0.25) is 0 Å². The van der Waals surface area contributed by atoms with E-state index in [1.807, 2.05) is 0 Å². The first-order valence-electron chi connectivity index (χ1n) is 11.6. The van der Waals surface area contributed by atoms with E-state index in [0.29, 0.717) is 25.0 Å². The fourth-order valence-corrected chi connectivity index (χ4v) is 3.83. The number of benzene rings is 3. The van der Waals surface area contributed by atoms with Gasteiger partial charge in [-0.15, -0.1) is 0 Å². The highest BCUT2D eigenvalue weighted by Crippen LogP contribution is 2.43. The maximum absolute atomic E-state index is 6.42. The smallest absolute Gasteiger partial charge is 0.135 e. The molecular formula is C28H38O2. The van der Waals surface area contributed by atoms with Crippen molar-refractivity contribution < 1.29 is 9.47 Å². The van der Waals surface area contributed by atoms with Gasteiger partial charge >= 0.3 is 0 Å². The first-order valence-corrected chi connectivity index (χ1v) is 11.6. The second kappa shape index (κ2) is 10.2. The fraction of sp³-hybridized carbons (Fsp3) is 0.500. The van der Waals surface area contributed by atoms with E-state index < -0.39 is 0 Å². The Balaban J connectivity index is 2.14. The summed E-state index contributed by atoms with van der Waals surface area (Å²) in [5, 5.41) is 4.61. The number of ether oxygens (including phenoxy) is 2. The molecule has 30 heavy (non-hydrogen) atoms. The van der Waals surface area contributed by atoms with Crippen molar-refractivity contribution in [3.63, 3.8) is 0 Å². The Bertz CT molecular complexity index is 969. The number of rotatable bonds is 10. The van der Waals surface area contributed by atoms with Gasteiger partial charge in [-0.05, 0) is 42.2 Å². The zero-order valence-corrected chi connectivity index (χ0v) is 19.6. The highest BCUT2D eigenvalue weighted by molar-refractivity contribution is 6.11. The van der Waals surface area contributed by atoms with Gasteiger partial charge in [-0.3, -0.25) is 0 Å². The standard InChI is InChI=1S/C28H38O2/c1-19(2)10-9-11-22-14-15-25-26(16-22)28(30-18-21(5)6)24-13-8-7-12-23(24)27(25)29-17-20(3)4/h7-8,12-16,19-21H,9-11,17-18H2,1-6H3. The largest absolute Gasteiger partial charge is 0.492 e. The number of hydrogen-bond donors (Lipinski definition) is 0. The molecular weight excluding hydrogens is 368 g/mol.